The van der Waals surface area contributed by atoms with Crippen LogP contribution < -0.4 is 5.32 Å². The van der Waals surface area contributed by atoms with Crippen molar-refractivity contribution in [3.8, 4) is 0 Å². The molecule has 1 aromatic carbocycles. The average Bonchev–Trinajstić information content (AvgIpc) is 3.10. The Morgan fingerprint density at radius 1 is 1.24 bits per heavy atom. The molecule has 0 bridgehead atoms. The number of fused-ring (bicyclic) bond motifs is 3. The number of allylic oxidation sites excluding steroid dienone is 1. The fourth-order valence-corrected chi connectivity index (χ4v) is 3.70. The average molecular weight is 340 g/mol. The van der Waals surface area contributed by atoms with Gasteiger partial charge in [0, 0.05) is 23.9 Å². The van der Waals surface area contributed by atoms with Crippen molar-refractivity contribution in [2.45, 2.75) is 12.1 Å². The number of nitrogens with zero attached hydrogens (tertiary/aromatic N) is 3. The first kappa shape index (κ1) is 15.2. The molecule has 2 amide bonds. The van der Waals surface area contributed by atoms with E-state index in [2.05, 4.69) is 10.4 Å². The van der Waals surface area contributed by atoms with Gasteiger partial charge >= 0.3 is 0 Å². The molecule has 25 heavy (non-hydrogen) atoms. The summed E-state index contributed by atoms with van der Waals surface area (Å²) in [6.07, 6.45) is 4.87. The number of imide groups is 1. The summed E-state index contributed by atoms with van der Waals surface area (Å²) in [6.45, 7) is 0. The van der Waals surface area contributed by atoms with Crippen LogP contribution >= 0.6 is 0 Å². The molecule has 3 heterocycles. The highest BCUT2D eigenvalue weighted by molar-refractivity contribution is 6.12. The van der Waals surface area contributed by atoms with Crippen LogP contribution in [-0.2, 0) is 9.59 Å². The number of hydrogen-bond donors (Lipinski definition) is 1. The summed E-state index contributed by atoms with van der Waals surface area (Å²) < 4.78 is 0. The monoisotopic (exact) mass is 340 g/mol. The topological polar surface area (TPSA) is 122 Å². The second-order valence-electron chi connectivity index (χ2n) is 6.04. The zero-order chi connectivity index (χ0) is 17.7. The minimum atomic E-state index is -0.982. The van der Waals surface area contributed by atoms with Gasteiger partial charge in [-0.3, -0.25) is 34.8 Å². The number of nitrogens with one attached hydrogen (secondary N) is 1. The van der Waals surface area contributed by atoms with Crippen LogP contribution in [0.5, 0.6) is 0 Å². The van der Waals surface area contributed by atoms with Crippen molar-refractivity contribution in [3.63, 3.8) is 0 Å². The molecule has 2 saturated heterocycles. The molecule has 0 radical (unpaired) electrons. The zero-order valence-electron chi connectivity index (χ0n) is 12.7. The number of amides is 2. The number of nitro benzene ring substituents is 1. The van der Waals surface area contributed by atoms with Gasteiger partial charge in [-0.2, -0.15) is 5.10 Å². The predicted octanol–water partition coefficient (Wildman–Crippen LogP) is 0.275. The predicted molar refractivity (Wildman–Crippen MR) is 84.6 cm³/mol. The molecule has 4 rings (SSSR count). The molecular weight excluding hydrogens is 328 g/mol. The van der Waals surface area contributed by atoms with Gasteiger partial charge in [-0.1, -0.05) is 18.2 Å². The van der Waals surface area contributed by atoms with Crippen molar-refractivity contribution in [2.24, 2.45) is 16.9 Å². The molecule has 9 nitrogen and oxygen atoms in total. The van der Waals surface area contributed by atoms with E-state index in [9.17, 15) is 24.5 Å². The van der Waals surface area contributed by atoms with Crippen molar-refractivity contribution in [1.29, 1.82) is 0 Å². The zero-order valence-corrected chi connectivity index (χ0v) is 12.7. The minimum absolute atomic E-state index is 0.107. The first-order valence-corrected chi connectivity index (χ1v) is 7.61. The normalized spacial score (nSPS) is 29.4. The largest absolute Gasteiger partial charge is 0.296 e. The van der Waals surface area contributed by atoms with Gasteiger partial charge in [0.1, 0.15) is 6.04 Å². The van der Waals surface area contributed by atoms with Crippen LogP contribution in [0.1, 0.15) is 10.4 Å². The number of ketones is 1. The molecule has 2 fully saturated rings. The van der Waals surface area contributed by atoms with E-state index >= 15 is 0 Å². The Balaban J connectivity index is 1.76. The highest BCUT2D eigenvalue weighted by atomic mass is 16.6. The SMILES string of the molecule is O=C1NC(=O)[C@H]2[C@@H]1[C@@H]1C=CC=NN1[C@@H]2C(=O)c1cccc([N+](=O)[O-])c1. The van der Waals surface area contributed by atoms with Gasteiger partial charge in [0.05, 0.1) is 22.8 Å². The molecule has 0 aliphatic carbocycles. The molecule has 126 valence electrons. The van der Waals surface area contributed by atoms with Gasteiger partial charge < -0.3 is 0 Å². The van der Waals surface area contributed by atoms with E-state index in [4.69, 9.17) is 0 Å². The van der Waals surface area contributed by atoms with Crippen LogP contribution in [0.4, 0.5) is 5.69 Å². The van der Waals surface area contributed by atoms with Crippen LogP contribution in [0, 0.1) is 22.0 Å². The Hall–Kier alpha value is -3.36. The Bertz CT molecular complexity index is 877. The van der Waals surface area contributed by atoms with E-state index < -0.39 is 46.4 Å². The maximum Gasteiger partial charge on any atom is 0.270 e. The fraction of sp³-hybridized carbons (Fsp3) is 0.250. The summed E-state index contributed by atoms with van der Waals surface area (Å²) in [5.74, 6) is -2.99. The first-order valence-electron chi connectivity index (χ1n) is 7.61. The van der Waals surface area contributed by atoms with Crippen LogP contribution in [0.2, 0.25) is 0 Å². The molecule has 4 atom stereocenters. The smallest absolute Gasteiger partial charge is 0.270 e. The highest BCUT2D eigenvalue weighted by Crippen LogP contribution is 2.42. The van der Waals surface area contributed by atoms with Gasteiger partial charge in [-0.15, -0.1) is 0 Å². The number of non-ortho nitro benzene ring substituents is 1. The third kappa shape index (κ3) is 2.16. The van der Waals surface area contributed by atoms with Crippen molar-refractivity contribution < 1.29 is 19.3 Å². The number of Topliss-reactive ketones (excluding diaryl/α,β-unsaturated/α-hetero) is 1. The number of benzene rings is 1. The number of carbonyl (C=O) groups excluding carboxylic acids is 3. The molecule has 3 aliphatic heterocycles. The summed E-state index contributed by atoms with van der Waals surface area (Å²) in [7, 11) is 0. The fourth-order valence-electron chi connectivity index (χ4n) is 3.70. The van der Waals surface area contributed by atoms with Gasteiger partial charge in [0.15, 0.2) is 5.78 Å². The second-order valence-corrected chi connectivity index (χ2v) is 6.04. The molecule has 0 saturated carbocycles. The molecule has 1 N–H and O–H groups in total. The molecule has 9 heteroatoms. The van der Waals surface area contributed by atoms with Crippen LogP contribution in [0.25, 0.3) is 0 Å². The Morgan fingerprint density at radius 3 is 2.76 bits per heavy atom. The Morgan fingerprint density at radius 2 is 2.00 bits per heavy atom. The molecule has 0 spiro atoms. The number of nitro groups is 1. The van der Waals surface area contributed by atoms with Gasteiger partial charge in [0.25, 0.3) is 5.69 Å². The lowest BCUT2D eigenvalue weighted by molar-refractivity contribution is -0.384. The lowest BCUT2D eigenvalue weighted by Crippen LogP contribution is -2.44. The van der Waals surface area contributed by atoms with Crippen molar-refractivity contribution in [2.75, 3.05) is 0 Å². The van der Waals surface area contributed by atoms with Gasteiger partial charge in [0.2, 0.25) is 11.8 Å². The van der Waals surface area contributed by atoms with Gasteiger partial charge in [-0.05, 0) is 6.08 Å². The van der Waals surface area contributed by atoms with E-state index in [1.165, 1.54) is 35.5 Å². The van der Waals surface area contributed by atoms with Crippen LogP contribution in [-0.4, -0.2) is 45.8 Å². The van der Waals surface area contributed by atoms with Gasteiger partial charge in [-0.25, -0.2) is 0 Å². The third-order valence-corrected chi connectivity index (χ3v) is 4.74. The van der Waals surface area contributed by atoms with Crippen LogP contribution in [0.15, 0.2) is 41.5 Å². The Kier molecular flexibility index (Phi) is 3.24. The van der Waals surface area contributed by atoms with E-state index in [1.807, 2.05) is 0 Å². The number of hydrazone groups is 1. The number of hydrogen-bond acceptors (Lipinski definition) is 7. The standard InChI is InChI=1S/C16H12N4O5/c21-14(8-3-1-4-9(7-8)20(24)25)13-12-11(15(22)18-16(12)23)10-5-2-6-17-19(10)13/h1-7,10-13H,(H,18,22,23)/t10-,11-,12-,13-/m0/s1. The van der Waals surface area contributed by atoms with E-state index in [-0.39, 0.29) is 11.3 Å². The summed E-state index contributed by atoms with van der Waals surface area (Å²) in [5, 5.41) is 18.8. The van der Waals surface area contributed by atoms with Crippen molar-refractivity contribution in [1.82, 2.24) is 10.3 Å². The summed E-state index contributed by atoms with van der Waals surface area (Å²) >= 11 is 0. The molecule has 1 aromatic rings. The first-order chi connectivity index (χ1) is 12.0. The second kappa shape index (κ2) is 5.33. The van der Waals surface area contributed by atoms with E-state index in [0.717, 1.165) is 0 Å². The summed E-state index contributed by atoms with van der Waals surface area (Å²) in [4.78, 5) is 47.7. The minimum Gasteiger partial charge on any atom is -0.296 e. The van der Waals surface area contributed by atoms with Crippen molar-refractivity contribution in [3.05, 3.63) is 52.1 Å². The highest BCUT2D eigenvalue weighted by Gasteiger charge is 2.61. The number of rotatable bonds is 3. The molecule has 0 aromatic heterocycles. The van der Waals surface area contributed by atoms with Crippen molar-refractivity contribution >= 4 is 29.5 Å². The van der Waals surface area contributed by atoms with E-state index in [1.54, 1.807) is 12.2 Å². The lowest BCUT2D eigenvalue weighted by Gasteiger charge is -2.28. The third-order valence-electron chi connectivity index (χ3n) is 4.74. The summed E-state index contributed by atoms with van der Waals surface area (Å²) in [5.41, 5.74) is -0.110. The number of carbonyl (C=O) groups is 3. The molecule has 3 aliphatic rings. The van der Waals surface area contributed by atoms with Crippen LogP contribution in [0.3, 0.4) is 0 Å². The molecular formula is C16H12N4O5. The Labute approximate surface area is 141 Å². The summed E-state index contributed by atoms with van der Waals surface area (Å²) in [6, 6.07) is 3.84. The van der Waals surface area contributed by atoms with E-state index in [0.29, 0.717) is 0 Å². The maximum absolute atomic E-state index is 13.0. The maximum atomic E-state index is 13.0. The quantitative estimate of drug-likeness (QED) is 0.365. The lowest BCUT2D eigenvalue weighted by atomic mass is 9.86. The molecule has 0 unspecified atom stereocenters.